The van der Waals surface area contributed by atoms with Crippen LogP contribution >= 0.6 is 0 Å². The molecule has 0 radical (unpaired) electrons. The van der Waals surface area contributed by atoms with E-state index in [4.69, 9.17) is 5.73 Å². The van der Waals surface area contributed by atoms with Gasteiger partial charge in [-0.2, -0.15) is 5.26 Å². The highest BCUT2D eigenvalue weighted by Gasteiger charge is 2.11. The third-order valence-corrected chi connectivity index (χ3v) is 3.96. The summed E-state index contributed by atoms with van der Waals surface area (Å²) in [4.78, 5) is 16.4. The van der Waals surface area contributed by atoms with Gasteiger partial charge in [-0.25, -0.2) is 4.98 Å². The number of pyridine rings is 1. The number of carbonyl (C=O) groups is 1. The highest BCUT2D eigenvalue weighted by atomic mass is 16.2. The maximum absolute atomic E-state index is 11.9. The van der Waals surface area contributed by atoms with Gasteiger partial charge in [0.2, 0.25) is 5.91 Å². The second kappa shape index (κ2) is 8.64. The molecule has 0 saturated heterocycles. The molecule has 0 bridgehead atoms. The summed E-state index contributed by atoms with van der Waals surface area (Å²) >= 11 is 0. The van der Waals surface area contributed by atoms with Crippen molar-refractivity contribution in [1.29, 1.82) is 5.26 Å². The number of carbonyl (C=O) groups excluding carboxylic acids is 1. The van der Waals surface area contributed by atoms with Gasteiger partial charge in [0, 0.05) is 11.1 Å². The Bertz CT molecular complexity index is 1100. The lowest BCUT2D eigenvalue weighted by atomic mass is 10.0. The van der Waals surface area contributed by atoms with Crippen LogP contribution in [0.15, 0.2) is 66.7 Å². The molecular formula is C23H18N4O. The molecule has 0 saturated carbocycles. The number of nitrogens with zero attached hydrogens (tertiary/aromatic N) is 2. The van der Waals surface area contributed by atoms with Gasteiger partial charge in [0.15, 0.2) is 0 Å². The quantitative estimate of drug-likeness (QED) is 0.696. The summed E-state index contributed by atoms with van der Waals surface area (Å²) in [6, 6.07) is 21.8. The van der Waals surface area contributed by atoms with Crippen molar-refractivity contribution in [2.45, 2.75) is 13.0 Å². The lowest BCUT2D eigenvalue weighted by Gasteiger charge is -2.10. The lowest BCUT2D eigenvalue weighted by molar-refractivity contribution is -0.117. The van der Waals surface area contributed by atoms with E-state index < -0.39 is 6.04 Å². The number of amides is 1. The second-order valence-electron chi connectivity index (χ2n) is 6.18. The summed E-state index contributed by atoms with van der Waals surface area (Å²) in [6.07, 6.45) is 0. The van der Waals surface area contributed by atoms with Crippen LogP contribution in [0.3, 0.4) is 0 Å². The summed E-state index contributed by atoms with van der Waals surface area (Å²) in [5.41, 5.74) is 9.12. The number of benzene rings is 2. The fourth-order valence-electron chi connectivity index (χ4n) is 2.51. The maximum atomic E-state index is 11.9. The normalized spacial score (nSPS) is 10.9. The zero-order valence-electron chi connectivity index (χ0n) is 15.3. The van der Waals surface area contributed by atoms with Crippen molar-refractivity contribution in [3.8, 4) is 29.0 Å². The Morgan fingerprint density at radius 2 is 1.79 bits per heavy atom. The van der Waals surface area contributed by atoms with Crippen LogP contribution in [0.2, 0.25) is 0 Å². The standard InChI is InChI=1S/C23H18N4O/c1-16(25)23(28)27-22-13-11-20(19-9-5-8-18(14-19)15-24)21(26-22)12-10-17-6-3-2-4-7-17/h2-9,11,13-14,16H,25H2,1H3,(H,26,27,28). The highest BCUT2D eigenvalue weighted by molar-refractivity contribution is 5.93. The van der Waals surface area contributed by atoms with Crippen molar-refractivity contribution in [2.75, 3.05) is 5.32 Å². The molecule has 1 amide bonds. The van der Waals surface area contributed by atoms with Crippen LogP contribution in [0, 0.1) is 23.2 Å². The number of aromatic nitrogens is 1. The van der Waals surface area contributed by atoms with E-state index in [9.17, 15) is 10.1 Å². The third kappa shape index (κ3) is 4.62. The van der Waals surface area contributed by atoms with E-state index in [1.54, 1.807) is 25.1 Å². The summed E-state index contributed by atoms with van der Waals surface area (Å²) < 4.78 is 0. The first-order valence-corrected chi connectivity index (χ1v) is 8.72. The van der Waals surface area contributed by atoms with Gasteiger partial charge >= 0.3 is 0 Å². The molecule has 136 valence electrons. The van der Waals surface area contributed by atoms with E-state index in [1.807, 2.05) is 48.5 Å². The van der Waals surface area contributed by atoms with E-state index in [-0.39, 0.29) is 5.91 Å². The minimum absolute atomic E-state index is 0.325. The van der Waals surface area contributed by atoms with Gasteiger partial charge < -0.3 is 11.1 Å². The van der Waals surface area contributed by atoms with Gasteiger partial charge in [-0.1, -0.05) is 36.3 Å². The first-order chi connectivity index (χ1) is 13.6. The van der Waals surface area contributed by atoms with E-state index in [1.165, 1.54) is 0 Å². The van der Waals surface area contributed by atoms with Crippen LogP contribution in [0.5, 0.6) is 0 Å². The van der Waals surface area contributed by atoms with E-state index in [2.05, 4.69) is 28.2 Å². The molecule has 1 unspecified atom stereocenters. The molecule has 0 aliphatic carbocycles. The largest absolute Gasteiger partial charge is 0.320 e. The minimum atomic E-state index is -0.646. The van der Waals surface area contributed by atoms with Crippen LogP contribution in [-0.4, -0.2) is 16.9 Å². The number of nitrogens with one attached hydrogen (secondary N) is 1. The number of anilines is 1. The molecular weight excluding hydrogens is 348 g/mol. The van der Waals surface area contributed by atoms with Crippen molar-refractivity contribution >= 4 is 11.7 Å². The number of nitriles is 1. The summed E-state index contributed by atoms with van der Waals surface area (Å²) in [5.74, 6) is 6.22. The molecule has 3 rings (SSSR count). The molecule has 3 N–H and O–H groups in total. The van der Waals surface area contributed by atoms with Crippen molar-refractivity contribution < 1.29 is 4.79 Å². The van der Waals surface area contributed by atoms with E-state index in [0.29, 0.717) is 17.1 Å². The van der Waals surface area contributed by atoms with Gasteiger partial charge in [0.05, 0.1) is 17.7 Å². The predicted molar refractivity (Wildman–Crippen MR) is 109 cm³/mol. The van der Waals surface area contributed by atoms with Crippen LogP contribution < -0.4 is 11.1 Å². The monoisotopic (exact) mass is 366 g/mol. The SMILES string of the molecule is CC(N)C(=O)Nc1ccc(-c2cccc(C#N)c2)c(C#Cc2ccccc2)n1. The molecule has 5 heteroatoms. The summed E-state index contributed by atoms with van der Waals surface area (Å²) in [5, 5.41) is 11.9. The fraction of sp³-hybridized carbons (Fsp3) is 0.0870. The number of hydrogen-bond donors (Lipinski definition) is 2. The Kier molecular flexibility index (Phi) is 5.81. The smallest absolute Gasteiger partial charge is 0.242 e. The molecule has 28 heavy (non-hydrogen) atoms. The van der Waals surface area contributed by atoms with Crippen molar-refractivity contribution in [3.05, 3.63) is 83.6 Å². The Morgan fingerprint density at radius 1 is 1.04 bits per heavy atom. The molecule has 5 nitrogen and oxygen atoms in total. The molecule has 1 heterocycles. The van der Waals surface area contributed by atoms with Crippen LogP contribution in [0.4, 0.5) is 5.82 Å². The number of hydrogen-bond acceptors (Lipinski definition) is 4. The van der Waals surface area contributed by atoms with Crippen molar-refractivity contribution in [3.63, 3.8) is 0 Å². The van der Waals surface area contributed by atoms with E-state index in [0.717, 1.165) is 16.7 Å². The molecule has 3 aromatic rings. The molecule has 1 aromatic heterocycles. The predicted octanol–water partition coefficient (Wildman–Crippen LogP) is 3.31. The lowest BCUT2D eigenvalue weighted by Crippen LogP contribution is -2.32. The summed E-state index contributed by atoms with van der Waals surface area (Å²) in [6.45, 7) is 1.60. The molecule has 0 spiro atoms. The maximum Gasteiger partial charge on any atom is 0.242 e. The molecule has 2 aromatic carbocycles. The number of rotatable bonds is 3. The topological polar surface area (TPSA) is 91.8 Å². The Labute approximate surface area is 163 Å². The second-order valence-corrected chi connectivity index (χ2v) is 6.18. The summed E-state index contributed by atoms with van der Waals surface area (Å²) in [7, 11) is 0. The van der Waals surface area contributed by atoms with Gasteiger partial charge in [-0.05, 0) is 54.8 Å². The van der Waals surface area contributed by atoms with Gasteiger partial charge in [0.1, 0.15) is 11.5 Å². The Hall–Kier alpha value is -3.93. The average molecular weight is 366 g/mol. The van der Waals surface area contributed by atoms with E-state index >= 15 is 0 Å². The van der Waals surface area contributed by atoms with Crippen LogP contribution in [-0.2, 0) is 4.79 Å². The van der Waals surface area contributed by atoms with Crippen molar-refractivity contribution in [2.24, 2.45) is 5.73 Å². The molecule has 0 fully saturated rings. The first kappa shape index (κ1) is 18.8. The zero-order chi connectivity index (χ0) is 19.9. The Balaban J connectivity index is 2.07. The average Bonchev–Trinajstić information content (AvgIpc) is 2.73. The van der Waals surface area contributed by atoms with Gasteiger partial charge in [-0.3, -0.25) is 4.79 Å². The van der Waals surface area contributed by atoms with Gasteiger partial charge in [0.25, 0.3) is 0 Å². The van der Waals surface area contributed by atoms with Crippen LogP contribution in [0.1, 0.15) is 23.7 Å². The Morgan fingerprint density at radius 3 is 2.50 bits per heavy atom. The number of nitrogens with two attached hydrogens (primary N) is 1. The van der Waals surface area contributed by atoms with Crippen molar-refractivity contribution in [1.82, 2.24) is 4.98 Å². The minimum Gasteiger partial charge on any atom is -0.320 e. The molecule has 0 aliphatic rings. The van der Waals surface area contributed by atoms with Gasteiger partial charge in [-0.15, -0.1) is 0 Å². The van der Waals surface area contributed by atoms with Crippen LogP contribution in [0.25, 0.3) is 11.1 Å². The first-order valence-electron chi connectivity index (χ1n) is 8.72. The molecule has 1 atom stereocenters. The molecule has 0 aliphatic heterocycles. The fourth-order valence-corrected chi connectivity index (χ4v) is 2.51. The zero-order valence-corrected chi connectivity index (χ0v) is 15.3. The third-order valence-electron chi connectivity index (χ3n) is 3.96. The highest BCUT2D eigenvalue weighted by Crippen LogP contribution is 2.25.